The van der Waals surface area contributed by atoms with Gasteiger partial charge in [0.1, 0.15) is 11.5 Å². The molecule has 1 aromatic heterocycles. The van der Waals surface area contributed by atoms with E-state index in [0.717, 1.165) is 33.8 Å². The van der Waals surface area contributed by atoms with Crippen molar-refractivity contribution >= 4 is 22.3 Å². The van der Waals surface area contributed by atoms with E-state index in [0.29, 0.717) is 0 Å². The van der Waals surface area contributed by atoms with Crippen molar-refractivity contribution in [3.63, 3.8) is 0 Å². The summed E-state index contributed by atoms with van der Waals surface area (Å²) in [4.78, 5) is 4.50. The highest BCUT2D eigenvalue weighted by Gasteiger charge is 2.09. The molecule has 0 aliphatic heterocycles. The number of pyridine rings is 1. The van der Waals surface area contributed by atoms with Gasteiger partial charge in [0.2, 0.25) is 0 Å². The van der Waals surface area contributed by atoms with Gasteiger partial charge in [-0.2, -0.15) is 0 Å². The number of hydrogen-bond donors (Lipinski definition) is 1. The van der Waals surface area contributed by atoms with Gasteiger partial charge < -0.3 is 14.8 Å². The number of rotatable bonds is 4. The van der Waals surface area contributed by atoms with E-state index >= 15 is 0 Å². The van der Waals surface area contributed by atoms with Crippen LogP contribution in [0.5, 0.6) is 11.5 Å². The number of ether oxygens (including phenoxy) is 2. The highest BCUT2D eigenvalue weighted by atomic mass is 16.5. The van der Waals surface area contributed by atoms with Crippen LogP contribution in [0.1, 0.15) is 11.1 Å². The number of benzene rings is 2. The van der Waals surface area contributed by atoms with Gasteiger partial charge in [0.25, 0.3) is 0 Å². The largest absolute Gasteiger partial charge is 0.497 e. The van der Waals surface area contributed by atoms with Gasteiger partial charge in [-0.15, -0.1) is 0 Å². The lowest BCUT2D eigenvalue weighted by Gasteiger charge is -2.15. The van der Waals surface area contributed by atoms with Crippen LogP contribution in [0.4, 0.5) is 11.4 Å². The Labute approximate surface area is 136 Å². The van der Waals surface area contributed by atoms with E-state index in [2.05, 4.69) is 36.3 Å². The molecular formula is C19H20N2O2. The number of aromatic nitrogens is 1. The number of aryl methyl sites for hydroxylation is 2. The maximum absolute atomic E-state index is 5.44. The smallest absolute Gasteiger partial charge is 0.142 e. The first-order valence-corrected chi connectivity index (χ1v) is 7.47. The average Bonchev–Trinajstić information content (AvgIpc) is 2.55. The van der Waals surface area contributed by atoms with Gasteiger partial charge in [0.15, 0.2) is 0 Å². The first-order chi connectivity index (χ1) is 11.1. The Kier molecular flexibility index (Phi) is 4.06. The van der Waals surface area contributed by atoms with E-state index in [-0.39, 0.29) is 0 Å². The van der Waals surface area contributed by atoms with Gasteiger partial charge in [-0.1, -0.05) is 11.6 Å². The number of anilines is 2. The van der Waals surface area contributed by atoms with Crippen molar-refractivity contribution in [2.24, 2.45) is 0 Å². The van der Waals surface area contributed by atoms with Crippen molar-refractivity contribution in [1.29, 1.82) is 0 Å². The third kappa shape index (κ3) is 2.93. The minimum atomic E-state index is 0.764. The van der Waals surface area contributed by atoms with Crippen molar-refractivity contribution in [2.45, 2.75) is 13.8 Å². The van der Waals surface area contributed by atoms with Crippen molar-refractivity contribution in [3.8, 4) is 11.5 Å². The van der Waals surface area contributed by atoms with Gasteiger partial charge in [0, 0.05) is 23.3 Å². The van der Waals surface area contributed by atoms with E-state index in [4.69, 9.17) is 9.47 Å². The highest BCUT2D eigenvalue weighted by Crippen LogP contribution is 2.34. The summed E-state index contributed by atoms with van der Waals surface area (Å²) in [5, 5.41) is 4.54. The molecule has 0 fully saturated rings. The zero-order chi connectivity index (χ0) is 16.4. The summed E-state index contributed by atoms with van der Waals surface area (Å²) in [5.41, 5.74) is 5.24. The van der Waals surface area contributed by atoms with Gasteiger partial charge in [-0.3, -0.25) is 4.98 Å². The molecule has 4 heteroatoms. The molecule has 4 nitrogen and oxygen atoms in total. The molecular weight excluding hydrogens is 288 g/mol. The summed E-state index contributed by atoms with van der Waals surface area (Å²) in [6.07, 6.45) is 1.82. The van der Waals surface area contributed by atoms with E-state index in [1.807, 2.05) is 30.5 Å². The zero-order valence-corrected chi connectivity index (χ0v) is 13.8. The predicted octanol–water partition coefficient (Wildman–Crippen LogP) is 4.61. The molecule has 0 saturated carbocycles. The Morgan fingerprint density at radius 1 is 0.913 bits per heavy atom. The standard InChI is InChI=1S/C19H20N2O2/c1-12-9-13(2)19-15(10-12)16(7-8-20-19)21-17-11-14(22-3)5-6-18(17)23-4/h5-11H,1-4H3,(H,20,21). The molecule has 0 saturated heterocycles. The molecule has 2 aromatic carbocycles. The normalized spacial score (nSPS) is 10.6. The van der Waals surface area contributed by atoms with Crippen LogP contribution < -0.4 is 14.8 Å². The van der Waals surface area contributed by atoms with Crippen LogP contribution in [0.15, 0.2) is 42.6 Å². The molecule has 0 radical (unpaired) electrons. The Balaban J connectivity index is 2.12. The Morgan fingerprint density at radius 2 is 1.74 bits per heavy atom. The summed E-state index contributed by atoms with van der Waals surface area (Å²) in [7, 11) is 3.31. The summed E-state index contributed by atoms with van der Waals surface area (Å²) < 4.78 is 10.8. The van der Waals surface area contributed by atoms with Crippen LogP contribution in [0.25, 0.3) is 10.9 Å². The number of methoxy groups -OCH3 is 2. The average molecular weight is 308 g/mol. The van der Waals surface area contributed by atoms with E-state index in [9.17, 15) is 0 Å². The maximum Gasteiger partial charge on any atom is 0.142 e. The second-order valence-corrected chi connectivity index (χ2v) is 5.53. The SMILES string of the molecule is COc1ccc(OC)c(Nc2ccnc3c(C)cc(C)cc23)c1. The first-order valence-electron chi connectivity index (χ1n) is 7.47. The summed E-state index contributed by atoms with van der Waals surface area (Å²) >= 11 is 0. The van der Waals surface area contributed by atoms with Gasteiger partial charge >= 0.3 is 0 Å². The van der Waals surface area contributed by atoms with Gasteiger partial charge in [-0.05, 0) is 43.7 Å². The molecule has 0 aliphatic carbocycles. The number of nitrogens with zero attached hydrogens (tertiary/aromatic N) is 1. The molecule has 3 rings (SSSR count). The van der Waals surface area contributed by atoms with Crippen molar-refractivity contribution in [3.05, 3.63) is 53.7 Å². The number of fused-ring (bicyclic) bond motifs is 1. The summed E-state index contributed by atoms with van der Waals surface area (Å²) in [6.45, 7) is 4.17. The Bertz CT molecular complexity index is 859. The molecule has 0 spiro atoms. The summed E-state index contributed by atoms with van der Waals surface area (Å²) in [6, 6.07) is 12.0. The second-order valence-electron chi connectivity index (χ2n) is 5.53. The van der Waals surface area contributed by atoms with Crippen LogP contribution in [0.3, 0.4) is 0 Å². The fourth-order valence-corrected chi connectivity index (χ4v) is 2.78. The lowest BCUT2D eigenvalue weighted by molar-refractivity contribution is 0.405. The van der Waals surface area contributed by atoms with Crippen molar-refractivity contribution in [1.82, 2.24) is 4.98 Å². The second kappa shape index (κ2) is 6.16. The Hall–Kier alpha value is -2.75. The van der Waals surface area contributed by atoms with Crippen LogP contribution in [-0.4, -0.2) is 19.2 Å². The Morgan fingerprint density at radius 3 is 2.48 bits per heavy atom. The lowest BCUT2D eigenvalue weighted by atomic mass is 10.1. The molecule has 0 amide bonds. The predicted molar refractivity (Wildman–Crippen MR) is 94.0 cm³/mol. The third-order valence-corrected chi connectivity index (χ3v) is 3.86. The van der Waals surface area contributed by atoms with Crippen LogP contribution in [0, 0.1) is 13.8 Å². The molecule has 1 heterocycles. The lowest BCUT2D eigenvalue weighted by Crippen LogP contribution is -1.98. The monoisotopic (exact) mass is 308 g/mol. The first kappa shape index (κ1) is 15.2. The number of nitrogens with one attached hydrogen (secondary N) is 1. The molecule has 0 atom stereocenters. The van der Waals surface area contributed by atoms with Gasteiger partial charge in [-0.25, -0.2) is 0 Å². The molecule has 3 aromatic rings. The summed E-state index contributed by atoms with van der Waals surface area (Å²) in [5.74, 6) is 1.54. The minimum Gasteiger partial charge on any atom is -0.497 e. The molecule has 0 aliphatic rings. The fourth-order valence-electron chi connectivity index (χ4n) is 2.78. The van der Waals surface area contributed by atoms with E-state index in [1.54, 1.807) is 14.2 Å². The van der Waals surface area contributed by atoms with Crippen LogP contribution in [-0.2, 0) is 0 Å². The fraction of sp³-hybridized carbons (Fsp3) is 0.211. The molecule has 0 bridgehead atoms. The number of hydrogen-bond acceptors (Lipinski definition) is 4. The van der Waals surface area contributed by atoms with Crippen LogP contribution in [0.2, 0.25) is 0 Å². The zero-order valence-electron chi connectivity index (χ0n) is 13.8. The molecule has 0 unspecified atom stereocenters. The van der Waals surface area contributed by atoms with Crippen LogP contribution >= 0.6 is 0 Å². The molecule has 23 heavy (non-hydrogen) atoms. The topological polar surface area (TPSA) is 43.4 Å². The third-order valence-electron chi connectivity index (χ3n) is 3.86. The minimum absolute atomic E-state index is 0.764. The molecule has 118 valence electrons. The maximum atomic E-state index is 5.44. The molecule has 1 N–H and O–H groups in total. The van der Waals surface area contributed by atoms with E-state index in [1.165, 1.54) is 11.1 Å². The van der Waals surface area contributed by atoms with Gasteiger partial charge in [0.05, 0.1) is 25.4 Å². The van der Waals surface area contributed by atoms with E-state index < -0.39 is 0 Å². The van der Waals surface area contributed by atoms with Crippen molar-refractivity contribution in [2.75, 3.05) is 19.5 Å². The highest BCUT2D eigenvalue weighted by molar-refractivity contribution is 5.95. The quantitative estimate of drug-likeness (QED) is 0.764. The van der Waals surface area contributed by atoms with Crippen molar-refractivity contribution < 1.29 is 9.47 Å².